The minimum atomic E-state index is -5.80. The molecule has 106 valence electrons. The fourth-order valence-corrected chi connectivity index (χ4v) is 1.54. The number of ether oxygens (including phenoxy) is 1. The summed E-state index contributed by atoms with van der Waals surface area (Å²) in [6.07, 6.45) is 0.753. The van der Waals surface area contributed by atoms with E-state index in [4.69, 9.17) is 4.55 Å². The van der Waals surface area contributed by atoms with E-state index in [1.165, 1.54) is 0 Å². The molecule has 1 aromatic rings. The molecule has 0 aliphatic carbocycles. The number of esters is 1. The summed E-state index contributed by atoms with van der Waals surface area (Å²) in [7, 11) is -5.80. The zero-order chi connectivity index (χ0) is 14.5. The van der Waals surface area contributed by atoms with Crippen LogP contribution in [0.25, 0.3) is 0 Å². The number of benzene rings is 1. The van der Waals surface area contributed by atoms with Crippen molar-refractivity contribution in [2.75, 3.05) is 6.61 Å². The van der Waals surface area contributed by atoms with E-state index in [-0.39, 0.29) is 13.0 Å². The molecule has 1 N–H and O–H groups in total. The first-order chi connectivity index (χ1) is 8.75. The van der Waals surface area contributed by atoms with Crippen molar-refractivity contribution in [2.24, 2.45) is 0 Å². The van der Waals surface area contributed by atoms with Crippen LogP contribution in [0.15, 0.2) is 30.3 Å². The normalized spacial score (nSPS) is 12.2. The maximum Gasteiger partial charge on any atom is 0.465 e. The fourth-order valence-electron chi connectivity index (χ4n) is 1.28. The number of hydrogen-bond acceptors (Lipinski definition) is 4. The van der Waals surface area contributed by atoms with E-state index >= 15 is 0 Å². The highest BCUT2D eigenvalue weighted by molar-refractivity contribution is 7.87. The summed E-state index contributed by atoms with van der Waals surface area (Å²) in [5, 5.41) is -4.93. The minimum absolute atomic E-state index is 0.261. The predicted molar refractivity (Wildman–Crippen MR) is 62.2 cm³/mol. The molecular weight excluding hydrogens is 282 g/mol. The van der Waals surface area contributed by atoms with E-state index in [9.17, 15) is 22.0 Å². The van der Waals surface area contributed by atoms with Crippen molar-refractivity contribution in [3.8, 4) is 0 Å². The third kappa shape index (κ3) is 4.25. The Labute approximate surface area is 108 Å². The number of rotatable bonds is 6. The summed E-state index contributed by atoms with van der Waals surface area (Å²) in [5.41, 5.74) is 0.931. The molecular formula is C11H12F2O5S. The highest BCUT2D eigenvalue weighted by atomic mass is 32.2. The van der Waals surface area contributed by atoms with E-state index in [0.717, 1.165) is 5.56 Å². The zero-order valence-corrected chi connectivity index (χ0v) is 10.6. The third-order valence-corrected chi connectivity index (χ3v) is 3.06. The van der Waals surface area contributed by atoms with Gasteiger partial charge in [0.15, 0.2) is 0 Å². The number of alkyl halides is 2. The van der Waals surface area contributed by atoms with Gasteiger partial charge in [-0.15, -0.1) is 0 Å². The first-order valence-electron chi connectivity index (χ1n) is 5.31. The molecule has 0 bridgehead atoms. The number of carbonyl (C=O) groups excluding carboxylic acids is 1. The van der Waals surface area contributed by atoms with E-state index in [1.54, 1.807) is 12.1 Å². The summed E-state index contributed by atoms with van der Waals surface area (Å²) in [5.74, 6) is -2.27. The standard InChI is InChI=1S/C11H12F2O5S/c12-11(13,19(15,16)17)10(14)18-8-4-7-9-5-2-1-3-6-9/h1-3,5-6H,4,7-8H2,(H,15,16,17). The van der Waals surface area contributed by atoms with Crippen molar-refractivity contribution >= 4 is 16.1 Å². The molecule has 0 aromatic heterocycles. The topological polar surface area (TPSA) is 80.7 Å². The first-order valence-corrected chi connectivity index (χ1v) is 6.75. The maximum atomic E-state index is 12.8. The molecule has 0 fully saturated rings. The second-order valence-corrected chi connectivity index (χ2v) is 5.18. The lowest BCUT2D eigenvalue weighted by atomic mass is 10.1. The number of aryl methyl sites for hydroxylation is 1. The van der Waals surface area contributed by atoms with Crippen LogP contribution in [-0.2, 0) is 26.1 Å². The SMILES string of the molecule is O=C(OCCCc1ccccc1)C(F)(F)S(=O)(=O)O. The van der Waals surface area contributed by atoms with Crippen molar-refractivity contribution in [3.63, 3.8) is 0 Å². The van der Waals surface area contributed by atoms with Crippen molar-refractivity contribution in [3.05, 3.63) is 35.9 Å². The Kier molecular flexibility index (Phi) is 4.96. The second-order valence-electron chi connectivity index (χ2n) is 3.72. The van der Waals surface area contributed by atoms with Crippen molar-refractivity contribution < 1.29 is 31.3 Å². The Hall–Kier alpha value is -1.54. The van der Waals surface area contributed by atoms with E-state index in [0.29, 0.717) is 6.42 Å². The van der Waals surface area contributed by atoms with Gasteiger partial charge in [0.25, 0.3) is 0 Å². The Balaban J connectivity index is 2.40. The predicted octanol–water partition coefficient (Wildman–Crippen LogP) is 1.64. The minimum Gasteiger partial charge on any atom is -0.460 e. The lowest BCUT2D eigenvalue weighted by Crippen LogP contribution is -2.39. The number of halogens is 2. The highest BCUT2D eigenvalue weighted by Gasteiger charge is 2.54. The van der Waals surface area contributed by atoms with Gasteiger partial charge in [0.1, 0.15) is 0 Å². The Bertz CT molecular complexity index is 527. The van der Waals surface area contributed by atoms with Gasteiger partial charge >= 0.3 is 21.3 Å². The summed E-state index contributed by atoms with van der Waals surface area (Å²) in [4.78, 5) is 10.8. The molecule has 0 atom stereocenters. The molecule has 1 aromatic carbocycles. The molecule has 0 aliphatic heterocycles. The van der Waals surface area contributed by atoms with Crippen molar-refractivity contribution in [1.29, 1.82) is 0 Å². The quantitative estimate of drug-likeness (QED) is 0.490. The van der Waals surface area contributed by atoms with Crippen LogP contribution < -0.4 is 0 Å². The van der Waals surface area contributed by atoms with Crippen LogP contribution in [0.3, 0.4) is 0 Å². The average molecular weight is 294 g/mol. The van der Waals surface area contributed by atoms with Crippen molar-refractivity contribution in [1.82, 2.24) is 0 Å². The van der Waals surface area contributed by atoms with Gasteiger partial charge in [-0.2, -0.15) is 17.2 Å². The number of hydrogen-bond donors (Lipinski definition) is 1. The molecule has 0 heterocycles. The van der Waals surface area contributed by atoms with Crippen LogP contribution >= 0.6 is 0 Å². The fraction of sp³-hybridized carbons (Fsp3) is 0.364. The first kappa shape index (κ1) is 15.5. The van der Waals surface area contributed by atoms with Crippen LogP contribution in [0.2, 0.25) is 0 Å². The molecule has 0 saturated heterocycles. The molecule has 8 heteroatoms. The van der Waals surface area contributed by atoms with Gasteiger partial charge < -0.3 is 4.74 Å². The largest absolute Gasteiger partial charge is 0.465 e. The van der Waals surface area contributed by atoms with E-state index < -0.39 is 21.3 Å². The maximum absolute atomic E-state index is 12.8. The van der Waals surface area contributed by atoms with Gasteiger partial charge in [-0.05, 0) is 18.4 Å². The summed E-state index contributed by atoms with van der Waals surface area (Å²) < 4.78 is 58.3. The molecule has 0 saturated carbocycles. The van der Waals surface area contributed by atoms with Crippen LogP contribution in [-0.4, -0.2) is 30.8 Å². The van der Waals surface area contributed by atoms with Gasteiger partial charge in [-0.1, -0.05) is 30.3 Å². The molecule has 0 aliphatic rings. The second kappa shape index (κ2) is 6.07. The zero-order valence-electron chi connectivity index (χ0n) is 9.75. The molecule has 0 spiro atoms. The Morgan fingerprint density at radius 2 is 1.84 bits per heavy atom. The van der Waals surface area contributed by atoms with Gasteiger partial charge in [0.05, 0.1) is 6.61 Å². The summed E-state index contributed by atoms with van der Waals surface area (Å²) >= 11 is 0. The van der Waals surface area contributed by atoms with Crippen LogP contribution in [0.1, 0.15) is 12.0 Å². The summed E-state index contributed by atoms with van der Waals surface area (Å²) in [6.45, 7) is -0.362. The van der Waals surface area contributed by atoms with Crippen LogP contribution in [0.4, 0.5) is 8.78 Å². The van der Waals surface area contributed by atoms with Gasteiger partial charge in [0, 0.05) is 0 Å². The lowest BCUT2D eigenvalue weighted by molar-refractivity contribution is -0.161. The molecule has 0 radical (unpaired) electrons. The van der Waals surface area contributed by atoms with E-state index in [1.807, 2.05) is 18.2 Å². The van der Waals surface area contributed by atoms with Crippen molar-refractivity contribution in [2.45, 2.75) is 18.1 Å². The molecule has 1 rings (SSSR count). The van der Waals surface area contributed by atoms with Gasteiger partial charge in [0.2, 0.25) is 0 Å². The molecule has 19 heavy (non-hydrogen) atoms. The molecule has 0 unspecified atom stereocenters. The Morgan fingerprint density at radius 3 is 2.37 bits per heavy atom. The third-order valence-electron chi connectivity index (χ3n) is 2.25. The number of carbonyl (C=O) groups is 1. The summed E-state index contributed by atoms with van der Waals surface area (Å²) in [6, 6.07) is 9.04. The molecule has 5 nitrogen and oxygen atoms in total. The highest BCUT2D eigenvalue weighted by Crippen LogP contribution is 2.22. The van der Waals surface area contributed by atoms with Crippen LogP contribution in [0, 0.1) is 0 Å². The Morgan fingerprint density at radius 1 is 1.26 bits per heavy atom. The lowest BCUT2D eigenvalue weighted by Gasteiger charge is -2.11. The van der Waals surface area contributed by atoms with Gasteiger partial charge in [-0.3, -0.25) is 4.55 Å². The van der Waals surface area contributed by atoms with Gasteiger partial charge in [-0.25, -0.2) is 4.79 Å². The average Bonchev–Trinajstić information content (AvgIpc) is 2.34. The van der Waals surface area contributed by atoms with E-state index in [2.05, 4.69) is 4.74 Å². The smallest absolute Gasteiger partial charge is 0.460 e. The molecule has 0 amide bonds. The monoisotopic (exact) mass is 294 g/mol. The van der Waals surface area contributed by atoms with Crippen LogP contribution in [0.5, 0.6) is 0 Å².